The largest absolute Gasteiger partial charge is 0.503 e. The van der Waals surface area contributed by atoms with Gasteiger partial charge >= 0.3 is 0 Å². The van der Waals surface area contributed by atoms with E-state index in [0.717, 1.165) is 27.6 Å². The van der Waals surface area contributed by atoms with E-state index in [4.69, 9.17) is 0 Å². The lowest BCUT2D eigenvalue weighted by Crippen LogP contribution is -2.31. The summed E-state index contributed by atoms with van der Waals surface area (Å²) < 4.78 is 28.9. The molecule has 2 aromatic carbocycles. The highest BCUT2D eigenvalue weighted by molar-refractivity contribution is 7.22. The zero-order chi connectivity index (χ0) is 21.7. The van der Waals surface area contributed by atoms with Crippen LogP contribution in [-0.2, 0) is 4.79 Å². The topological polar surface area (TPSA) is 70.5 Å². The summed E-state index contributed by atoms with van der Waals surface area (Å²) >= 11 is 2.17. The predicted octanol–water partition coefficient (Wildman–Crippen LogP) is 5.42. The molecular formula is C22H12F2N2O3S2. The van der Waals surface area contributed by atoms with Crippen LogP contribution < -0.4 is 4.90 Å². The van der Waals surface area contributed by atoms with Crippen LogP contribution >= 0.6 is 22.7 Å². The first-order valence-corrected chi connectivity index (χ1v) is 10.8. The highest BCUT2D eigenvalue weighted by Gasteiger charge is 2.47. The summed E-state index contributed by atoms with van der Waals surface area (Å²) in [5.41, 5.74) is 0.271. The highest BCUT2D eigenvalue weighted by atomic mass is 32.1. The molecule has 0 spiro atoms. The molecule has 1 amide bonds. The third kappa shape index (κ3) is 3.13. The van der Waals surface area contributed by atoms with Gasteiger partial charge in [-0.05, 0) is 35.7 Å². The summed E-state index contributed by atoms with van der Waals surface area (Å²) in [4.78, 5) is 32.0. The molecular weight excluding hydrogens is 442 g/mol. The number of hydrogen-bond acceptors (Lipinski definition) is 6. The predicted molar refractivity (Wildman–Crippen MR) is 115 cm³/mol. The molecule has 1 N–H and O–H groups in total. The fraction of sp³-hybridized carbons (Fsp3) is 0.0455. The van der Waals surface area contributed by atoms with E-state index < -0.39 is 35.1 Å². The van der Waals surface area contributed by atoms with Crippen LogP contribution in [0.3, 0.4) is 0 Å². The number of thiazole rings is 1. The van der Waals surface area contributed by atoms with E-state index in [1.807, 2.05) is 0 Å². The second-order valence-electron chi connectivity index (χ2n) is 6.78. The molecule has 0 fully saturated rings. The Kier molecular flexibility index (Phi) is 4.64. The van der Waals surface area contributed by atoms with Gasteiger partial charge < -0.3 is 5.11 Å². The molecule has 4 aromatic rings. The summed E-state index contributed by atoms with van der Waals surface area (Å²) in [5, 5.41) is 12.5. The molecule has 5 rings (SSSR count). The van der Waals surface area contributed by atoms with Crippen molar-refractivity contribution < 1.29 is 23.5 Å². The Morgan fingerprint density at radius 3 is 2.65 bits per heavy atom. The number of fused-ring (bicyclic) bond motifs is 1. The minimum absolute atomic E-state index is 0.0465. The molecule has 3 heterocycles. The maximum atomic E-state index is 14.8. The maximum Gasteiger partial charge on any atom is 0.296 e. The van der Waals surface area contributed by atoms with Crippen LogP contribution in [-0.4, -0.2) is 21.8 Å². The van der Waals surface area contributed by atoms with Crippen LogP contribution in [0.15, 0.2) is 71.3 Å². The molecule has 154 valence electrons. The number of thiophene rings is 1. The van der Waals surface area contributed by atoms with Crippen LogP contribution in [0.2, 0.25) is 0 Å². The Labute approximate surface area is 182 Å². The number of anilines is 1. The van der Waals surface area contributed by atoms with Crippen LogP contribution in [0.5, 0.6) is 0 Å². The second-order valence-corrected chi connectivity index (χ2v) is 8.73. The van der Waals surface area contributed by atoms with Crippen molar-refractivity contribution in [2.45, 2.75) is 6.04 Å². The number of carbonyl (C=O) groups is 2. The van der Waals surface area contributed by atoms with Gasteiger partial charge in [-0.25, -0.2) is 13.8 Å². The highest BCUT2D eigenvalue weighted by Crippen LogP contribution is 2.45. The molecule has 2 aromatic heterocycles. The number of aliphatic hydroxyl groups excluding tert-OH is 1. The number of halogens is 2. The van der Waals surface area contributed by atoms with E-state index in [1.54, 1.807) is 23.6 Å². The first-order chi connectivity index (χ1) is 15.0. The molecule has 0 saturated heterocycles. The molecule has 1 aliphatic rings. The molecule has 0 saturated carbocycles. The third-order valence-corrected chi connectivity index (χ3v) is 6.83. The summed E-state index contributed by atoms with van der Waals surface area (Å²) in [6.45, 7) is 0. The Hall–Kier alpha value is -3.43. The van der Waals surface area contributed by atoms with Gasteiger partial charge in [-0.3, -0.25) is 14.5 Å². The van der Waals surface area contributed by atoms with Crippen molar-refractivity contribution in [3.63, 3.8) is 0 Å². The summed E-state index contributed by atoms with van der Waals surface area (Å²) in [6.07, 6.45) is 0. The van der Waals surface area contributed by atoms with Gasteiger partial charge in [0.2, 0.25) is 5.78 Å². The fourth-order valence-corrected chi connectivity index (χ4v) is 5.25. The standard InChI is InChI=1S/C22H12F2N2O3S2/c23-11-7-8-14-16(10-11)31-22(25-14)26-18(12-4-1-2-5-13(12)24)17(20(28)21(26)29)19(27)15-6-3-9-30-15/h1-10,18,28H/t18-/m1/s1. The van der Waals surface area contributed by atoms with Crippen molar-refractivity contribution in [1.29, 1.82) is 0 Å². The number of benzene rings is 2. The average Bonchev–Trinajstić information content (AvgIpc) is 3.47. The van der Waals surface area contributed by atoms with Crippen molar-refractivity contribution in [3.05, 3.63) is 93.4 Å². The minimum Gasteiger partial charge on any atom is -0.503 e. The van der Waals surface area contributed by atoms with E-state index >= 15 is 0 Å². The first-order valence-electron chi connectivity index (χ1n) is 9.11. The summed E-state index contributed by atoms with van der Waals surface area (Å²) in [5.74, 6) is -3.28. The van der Waals surface area contributed by atoms with Crippen LogP contribution in [0.1, 0.15) is 21.3 Å². The van der Waals surface area contributed by atoms with Gasteiger partial charge in [0.05, 0.1) is 20.7 Å². The molecule has 1 atom stereocenters. The number of rotatable bonds is 4. The van der Waals surface area contributed by atoms with Gasteiger partial charge in [0.15, 0.2) is 10.9 Å². The zero-order valence-corrected chi connectivity index (χ0v) is 17.2. The van der Waals surface area contributed by atoms with Crippen molar-refractivity contribution >= 4 is 49.7 Å². The van der Waals surface area contributed by atoms with E-state index in [9.17, 15) is 23.5 Å². The number of ketones is 1. The quantitative estimate of drug-likeness (QED) is 0.418. The molecule has 0 radical (unpaired) electrons. The molecule has 31 heavy (non-hydrogen) atoms. The Balaban J connectivity index is 1.71. The SMILES string of the molecule is O=C(C1=C(O)C(=O)N(c2nc3ccc(F)cc3s2)[C@@H]1c1ccccc1F)c1cccs1. The van der Waals surface area contributed by atoms with Crippen molar-refractivity contribution in [1.82, 2.24) is 4.98 Å². The van der Waals surface area contributed by atoms with Gasteiger partial charge in [0, 0.05) is 5.56 Å². The number of aliphatic hydroxyl groups is 1. The minimum atomic E-state index is -1.21. The second kappa shape index (κ2) is 7.36. The smallest absolute Gasteiger partial charge is 0.296 e. The van der Waals surface area contributed by atoms with Gasteiger partial charge in [0.1, 0.15) is 17.7 Å². The number of aromatic nitrogens is 1. The summed E-state index contributed by atoms with van der Waals surface area (Å²) in [6, 6.07) is 11.8. The van der Waals surface area contributed by atoms with Crippen molar-refractivity contribution in [3.8, 4) is 0 Å². The molecule has 9 heteroatoms. The molecule has 0 bridgehead atoms. The normalized spacial score (nSPS) is 16.5. The van der Waals surface area contributed by atoms with E-state index in [-0.39, 0.29) is 16.3 Å². The molecule has 0 unspecified atom stereocenters. The first kappa shape index (κ1) is 19.5. The number of amides is 1. The third-order valence-electron chi connectivity index (χ3n) is 4.94. The Bertz CT molecular complexity index is 1380. The van der Waals surface area contributed by atoms with Crippen LogP contribution in [0, 0.1) is 11.6 Å². The fourth-order valence-electron chi connectivity index (χ4n) is 3.56. The summed E-state index contributed by atoms with van der Waals surface area (Å²) in [7, 11) is 0. The molecule has 5 nitrogen and oxygen atoms in total. The maximum absolute atomic E-state index is 14.8. The van der Waals surface area contributed by atoms with E-state index in [2.05, 4.69) is 4.98 Å². The Morgan fingerprint density at radius 1 is 1.10 bits per heavy atom. The lowest BCUT2D eigenvalue weighted by Gasteiger charge is -2.24. The van der Waals surface area contributed by atoms with Gasteiger partial charge in [-0.15, -0.1) is 11.3 Å². The van der Waals surface area contributed by atoms with Crippen molar-refractivity contribution in [2.75, 3.05) is 4.90 Å². The van der Waals surface area contributed by atoms with Crippen LogP contribution in [0.25, 0.3) is 10.2 Å². The van der Waals surface area contributed by atoms with Gasteiger partial charge in [-0.1, -0.05) is 35.6 Å². The molecule has 0 aliphatic carbocycles. The zero-order valence-electron chi connectivity index (χ0n) is 15.6. The van der Waals surface area contributed by atoms with E-state index in [1.165, 1.54) is 36.4 Å². The Morgan fingerprint density at radius 2 is 1.90 bits per heavy atom. The van der Waals surface area contributed by atoms with Crippen molar-refractivity contribution in [2.24, 2.45) is 0 Å². The number of nitrogens with zero attached hydrogens (tertiary/aromatic N) is 2. The van der Waals surface area contributed by atoms with Gasteiger partial charge in [0.25, 0.3) is 5.91 Å². The lowest BCUT2D eigenvalue weighted by atomic mass is 9.95. The van der Waals surface area contributed by atoms with E-state index in [0.29, 0.717) is 15.1 Å². The van der Waals surface area contributed by atoms with Crippen LogP contribution in [0.4, 0.5) is 13.9 Å². The monoisotopic (exact) mass is 454 g/mol. The average molecular weight is 454 g/mol. The number of carbonyl (C=O) groups excluding carboxylic acids is 2. The number of Topliss-reactive ketones (excluding diaryl/α,β-unsaturated/α-hetero) is 1. The lowest BCUT2D eigenvalue weighted by molar-refractivity contribution is -0.117. The molecule has 1 aliphatic heterocycles. The van der Waals surface area contributed by atoms with Gasteiger partial charge in [-0.2, -0.15) is 0 Å². The number of hydrogen-bond donors (Lipinski definition) is 1.